The maximum absolute atomic E-state index is 12.5. The molecule has 3 aromatic carbocycles. The number of carbonyl (C=O) groups is 3. The van der Waals surface area contributed by atoms with Gasteiger partial charge in [0.15, 0.2) is 0 Å². The second kappa shape index (κ2) is 9.79. The van der Waals surface area contributed by atoms with E-state index in [0.29, 0.717) is 11.3 Å². The van der Waals surface area contributed by atoms with Gasteiger partial charge in [-0.05, 0) is 46.5 Å². The van der Waals surface area contributed by atoms with E-state index in [4.69, 9.17) is 9.84 Å². The lowest BCUT2D eigenvalue weighted by molar-refractivity contribution is -0.141. The van der Waals surface area contributed by atoms with Crippen LogP contribution in [-0.2, 0) is 9.53 Å². The smallest absolute Gasteiger partial charge is 0.411 e. The Kier molecular flexibility index (Phi) is 6.63. The number of hydrogen-bond acceptors (Lipinski definition) is 4. The van der Waals surface area contributed by atoms with Crippen LogP contribution in [0, 0.1) is 5.92 Å². The number of anilines is 1. The van der Waals surface area contributed by atoms with Gasteiger partial charge < -0.3 is 14.7 Å². The van der Waals surface area contributed by atoms with Crippen LogP contribution in [0.15, 0.2) is 72.8 Å². The first-order chi connectivity index (χ1) is 16.3. The van der Waals surface area contributed by atoms with Crippen molar-refractivity contribution >= 4 is 23.7 Å². The van der Waals surface area contributed by atoms with Crippen molar-refractivity contribution in [1.82, 2.24) is 4.90 Å². The molecule has 1 unspecified atom stereocenters. The Hall–Kier alpha value is -4.13. The molecule has 1 aliphatic carbocycles. The van der Waals surface area contributed by atoms with Gasteiger partial charge in [-0.2, -0.15) is 0 Å². The van der Waals surface area contributed by atoms with E-state index in [0.717, 1.165) is 22.3 Å². The van der Waals surface area contributed by atoms with E-state index in [1.807, 2.05) is 24.3 Å². The predicted molar refractivity (Wildman–Crippen MR) is 129 cm³/mol. The molecule has 0 saturated carbocycles. The molecule has 4 rings (SSSR count). The maximum Gasteiger partial charge on any atom is 0.411 e. The Morgan fingerprint density at radius 1 is 0.941 bits per heavy atom. The third kappa shape index (κ3) is 4.78. The number of carboxylic acid groups (broad SMARTS) is 1. The molecule has 2 amide bonds. The Morgan fingerprint density at radius 2 is 1.50 bits per heavy atom. The average Bonchev–Trinajstić information content (AvgIpc) is 3.16. The van der Waals surface area contributed by atoms with Gasteiger partial charge in [-0.15, -0.1) is 0 Å². The Balaban J connectivity index is 1.35. The standard InChI is InChI=1S/C27H26N2O5/c1-17(26(31)32)15-29(2)25(30)18-11-13-19(14-12-18)28-27(33)34-16-24-22-9-5-3-7-20(22)21-8-4-6-10-23(21)24/h3-14,17,24H,15-16H2,1-2H3,(H,28,33)(H,31,32). The summed E-state index contributed by atoms with van der Waals surface area (Å²) in [7, 11) is 1.56. The minimum absolute atomic E-state index is 0.0260. The van der Waals surface area contributed by atoms with E-state index in [1.54, 1.807) is 38.2 Å². The number of nitrogens with one attached hydrogen (secondary N) is 1. The van der Waals surface area contributed by atoms with Crippen molar-refractivity contribution in [3.63, 3.8) is 0 Å². The molecule has 7 heteroatoms. The lowest BCUT2D eigenvalue weighted by Crippen LogP contribution is -2.33. The second-order valence-corrected chi connectivity index (χ2v) is 8.45. The van der Waals surface area contributed by atoms with Crippen LogP contribution in [0.3, 0.4) is 0 Å². The van der Waals surface area contributed by atoms with E-state index in [2.05, 4.69) is 29.6 Å². The van der Waals surface area contributed by atoms with Gasteiger partial charge in [-0.25, -0.2) is 4.79 Å². The number of nitrogens with zero attached hydrogens (tertiary/aromatic N) is 1. The highest BCUT2D eigenvalue weighted by Gasteiger charge is 2.29. The highest BCUT2D eigenvalue weighted by atomic mass is 16.5. The quantitative estimate of drug-likeness (QED) is 0.528. The molecule has 0 radical (unpaired) electrons. The van der Waals surface area contributed by atoms with Gasteiger partial charge in [0, 0.05) is 30.8 Å². The first kappa shape index (κ1) is 23.0. The molecule has 1 atom stereocenters. The summed E-state index contributed by atoms with van der Waals surface area (Å²) in [6.45, 7) is 1.87. The highest BCUT2D eigenvalue weighted by Crippen LogP contribution is 2.44. The van der Waals surface area contributed by atoms with Crippen LogP contribution in [0.25, 0.3) is 11.1 Å². The molecule has 0 aliphatic heterocycles. The SMILES string of the molecule is CC(CN(C)C(=O)c1ccc(NC(=O)OCC2c3ccccc3-c3ccccc32)cc1)C(=O)O. The number of rotatable bonds is 7. The third-order valence-corrected chi connectivity index (χ3v) is 6.04. The minimum atomic E-state index is -0.956. The summed E-state index contributed by atoms with van der Waals surface area (Å²) in [6, 6.07) is 22.7. The third-order valence-electron chi connectivity index (χ3n) is 6.04. The Morgan fingerprint density at radius 3 is 2.06 bits per heavy atom. The fourth-order valence-corrected chi connectivity index (χ4v) is 4.24. The largest absolute Gasteiger partial charge is 0.481 e. The topological polar surface area (TPSA) is 95.9 Å². The summed E-state index contributed by atoms with van der Waals surface area (Å²) in [6.07, 6.45) is -0.576. The normalized spacial score (nSPS) is 12.9. The number of fused-ring (bicyclic) bond motifs is 3. The molecule has 1 aliphatic rings. The average molecular weight is 459 g/mol. The van der Waals surface area contributed by atoms with Crippen molar-refractivity contribution in [2.75, 3.05) is 25.5 Å². The fraction of sp³-hybridized carbons (Fsp3) is 0.222. The molecule has 34 heavy (non-hydrogen) atoms. The summed E-state index contributed by atoms with van der Waals surface area (Å²) in [5, 5.41) is 11.7. The van der Waals surface area contributed by atoms with Crippen molar-refractivity contribution < 1.29 is 24.2 Å². The van der Waals surface area contributed by atoms with Gasteiger partial charge >= 0.3 is 12.1 Å². The first-order valence-electron chi connectivity index (χ1n) is 11.1. The second-order valence-electron chi connectivity index (χ2n) is 8.45. The van der Waals surface area contributed by atoms with Crippen LogP contribution in [-0.4, -0.2) is 48.2 Å². The molecule has 174 valence electrons. The predicted octanol–water partition coefficient (Wildman–Crippen LogP) is 4.84. The number of carboxylic acids is 1. The molecule has 2 N–H and O–H groups in total. The van der Waals surface area contributed by atoms with Crippen LogP contribution >= 0.6 is 0 Å². The van der Waals surface area contributed by atoms with Gasteiger partial charge in [0.1, 0.15) is 6.61 Å². The van der Waals surface area contributed by atoms with Crippen LogP contribution in [0.4, 0.5) is 10.5 Å². The van der Waals surface area contributed by atoms with E-state index >= 15 is 0 Å². The van der Waals surface area contributed by atoms with Gasteiger partial charge in [-0.3, -0.25) is 14.9 Å². The number of hydrogen-bond donors (Lipinski definition) is 2. The zero-order valence-electron chi connectivity index (χ0n) is 19.0. The van der Waals surface area contributed by atoms with Crippen molar-refractivity contribution in [2.24, 2.45) is 5.92 Å². The van der Waals surface area contributed by atoms with E-state index in [1.165, 1.54) is 4.90 Å². The van der Waals surface area contributed by atoms with Crippen molar-refractivity contribution in [1.29, 1.82) is 0 Å². The molecule has 0 aromatic heterocycles. The Bertz CT molecular complexity index is 1180. The summed E-state index contributed by atoms with van der Waals surface area (Å²) >= 11 is 0. The number of ether oxygens (including phenoxy) is 1. The zero-order valence-corrected chi connectivity index (χ0v) is 19.0. The van der Waals surface area contributed by atoms with Gasteiger partial charge in [-0.1, -0.05) is 55.5 Å². The number of aliphatic carboxylic acids is 1. The molecule has 0 heterocycles. The lowest BCUT2D eigenvalue weighted by Gasteiger charge is -2.19. The summed E-state index contributed by atoms with van der Waals surface area (Å²) in [4.78, 5) is 37.3. The molecule has 7 nitrogen and oxygen atoms in total. The number of carbonyl (C=O) groups excluding carboxylic acids is 2. The fourth-order valence-electron chi connectivity index (χ4n) is 4.24. The molecular formula is C27H26N2O5. The lowest BCUT2D eigenvalue weighted by atomic mass is 9.98. The summed E-state index contributed by atoms with van der Waals surface area (Å²) in [5.74, 6) is -1.94. The van der Waals surface area contributed by atoms with Gasteiger partial charge in [0.2, 0.25) is 0 Å². The van der Waals surface area contributed by atoms with Crippen molar-refractivity contribution in [3.05, 3.63) is 89.5 Å². The van der Waals surface area contributed by atoms with Crippen LogP contribution < -0.4 is 5.32 Å². The summed E-state index contributed by atoms with van der Waals surface area (Å²) in [5.41, 5.74) is 5.50. The van der Waals surface area contributed by atoms with Crippen LogP contribution in [0.5, 0.6) is 0 Å². The molecule has 3 aromatic rings. The highest BCUT2D eigenvalue weighted by molar-refractivity contribution is 5.95. The zero-order chi connectivity index (χ0) is 24.2. The van der Waals surface area contributed by atoms with E-state index in [9.17, 15) is 14.4 Å². The van der Waals surface area contributed by atoms with E-state index < -0.39 is 18.0 Å². The molecule has 0 saturated heterocycles. The monoisotopic (exact) mass is 458 g/mol. The maximum atomic E-state index is 12.5. The van der Waals surface area contributed by atoms with Gasteiger partial charge in [0.05, 0.1) is 5.92 Å². The molecule has 0 bridgehead atoms. The number of benzene rings is 3. The molecule has 0 fully saturated rings. The minimum Gasteiger partial charge on any atom is -0.481 e. The van der Waals surface area contributed by atoms with Gasteiger partial charge in [0.25, 0.3) is 5.91 Å². The Labute approximate surface area is 198 Å². The summed E-state index contributed by atoms with van der Waals surface area (Å²) < 4.78 is 5.54. The number of amides is 2. The van der Waals surface area contributed by atoms with Crippen LogP contribution in [0.1, 0.15) is 34.3 Å². The molecular weight excluding hydrogens is 432 g/mol. The van der Waals surface area contributed by atoms with E-state index in [-0.39, 0.29) is 25.0 Å². The molecule has 0 spiro atoms. The van der Waals surface area contributed by atoms with Crippen LogP contribution in [0.2, 0.25) is 0 Å². The first-order valence-corrected chi connectivity index (χ1v) is 11.1. The van der Waals surface area contributed by atoms with Crippen molar-refractivity contribution in [3.8, 4) is 11.1 Å². The van der Waals surface area contributed by atoms with Crippen molar-refractivity contribution in [2.45, 2.75) is 12.8 Å².